The Bertz CT molecular complexity index is 2730. The molecule has 0 heterocycles. The molecule has 0 spiro atoms. The number of rotatable bonds is 7. The van der Waals surface area contributed by atoms with Gasteiger partial charge in [0.1, 0.15) is 0 Å². The van der Waals surface area contributed by atoms with Crippen LogP contribution in [0.2, 0.25) is 19.6 Å². The number of hydrogen-bond donors (Lipinski definition) is 0. The monoisotopic (exact) mass is 777 g/mol. The maximum absolute atomic E-state index is 2.47. The Balaban J connectivity index is 1.08. The Labute approximate surface area is 351 Å². The van der Waals surface area contributed by atoms with Gasteiger partial charge in [0.05, 0.1) is 8.07 Å². The van der Waals surface area contributed by atoms with Gasteiger partial charge >= 0.3 is 0 Å². The lowest BCUT2D eigenvalue weighted by Gasteiger charge is -2.30. The first-order chi connectivity index (χ1) is 28.4. The van der Waals surface area contributed by atoms with Crippen LogP contribution in [0.15, 0.2) is 182 Å². The summed E-state index contributed by atoms with van der Waals surface area (Å²) in [5.74, 6) is 0. The SMILES string of the molecule is CC1(C)c2cc(-c3ccccc3)ccc2-c2ccc(N(c3ccc(-c4ccc([Si](C)(C)C)cc4)cc3)c3ccc4c(c3)C(C)(C)c3cc(-c5ccccc5)ccc3-4)cc21. The van der Waals surface area contributed by atoms with Crippen molar-refractivity contribution < 1.29 is 0 Å². The van der Waals surface area contributed by atoms with E-state index in [4.69, 9.17) is 0 Å². The summed E-state index contributed by atoms with van der Waals surface area (Å²) >= 11 is 0. The Morgan fingerprint density at radius 2 is 0.644 bits per heavy atom. The van der Waals surface area contributed by atoms with Crippen molar-refractivity contribution in [3.63, 3.8) is 0 Å². The van der Waals surface area contributed by atoms with E-state index < -0.39 is 8.07 Å². The quantitative estimate of drug-likeness (QED) is 0.146. The highest BCUT2D eigenvalue weighted by atomic mass is 28.3. The lowest BCUT2D eigenvalue weighted by Crippen LogP contribution is -2.37. The summed E-state index contributed by atoms with van der Waals surface area (Å²) in [6, 6.07) is 68.4. The van der Waals surface area contributed by atoms with Crippen molar-refractivity contribution in [2.24, 2.45) is 0 Å². The van der Waals surface area contributed by atoms with Gasteiger partial charge in [0.15, 0.2) is 0 Å². The minimum Gasteiger partial charge on any atom is -0.310 e. The van der Waals surface area contributed by atoms with Crippen molar-refractivity contribution in [1.82, 2.24) is 0 Å². The highest BCUT2D eigenvalue weighted by Crippen LogP contribution is 2.54. The first kappa shape index (κ1) is 37.1. The molecule has 59 heavy (non-hydrogen) atoms. The van der Waals surface area contributed by atoms with Gasteiger partial charge in [-0.15, -0.1) is 0 Å². The molecule has 1 nitrogen and oxygen atoms in total. The van der Waals surface area contributed by atoms with E-state index >= 15 is 0 Å². The van der Waals surface area contributed by atoms with Gasteiger partial charge in [0.2, 0.25) is 0 Å². The third-order valence-corrected chi connectivity index (χ3v) is 15.3. The number of benzene rings is 8. The van der Waals surface area contributed by atoms with E-state index in [1.54, 1.807) is 0 Å². The molecule has 0 aromatic heterocycles. The van der Waals surface area contributed by atoms with Crippen LogP contribution in [0.25, 0.3) is 55.6 Å². The molecule has 0 bridgehead atoms. The summed E-state index contributed by atoms with van der Waals surface area (Å²) in [5.41, 5.74) is 21.5. The van der Waals surface area contributed by atoms with Gasteiger partial charge in [-0.05, 0) is 126 Å². The average molecular weight is 778 g/mol. The predicted molar refractivity (Wildman–Crippen MR) is 256 cm³/mol. The van der Waals surface area contributed by atoms with Gasteiger partial charge in [0.25, 0.3) is 0 Å². The summed E-state index contributed by atoms with van der Waals surface area (Å²) < 4.78 is 0. The van der Waals surface area contributed by atoms with Crippen molar-refractivity contribution in [1.29, 1.82) is 0 Å². The van der Waals surface area contributed by atoms with Gasteiger partial charge in [-0.3, -0.25) is 0 Å². The number of fused-ring (bicyclic) bond motifs is 6. The second-order valence-corrected chi connectivity index (χ2v) is 23.7. The molecule has 0 N–H and O–H groups in total. The largest absolute Gasteiger partial charge is 0.310 e. The van der Waals surface area contributed by atoms with E-state index in [1.165, 1.54) is 94.4 Å². The molecular formula is C57H51NSi. The van der Waals surface area contributed by atoms with Crippen molar-refractivity contribution >= 4 is 30.3 Å². The van der Waals surface area contributed by atoms with Crippen molar-refractivity contribution in [3.8, 4) is 55.6 Å². The van der Waals surface area contributed by atoms with Gasteiger partial charge in [-0.25, -0.2) is 0 Å². The maximum atomic E-state index is 2.47. The zero-order valence-electron chi connectivity index (χ0n) is 35.3. The van der Waals surface area contributed by atoms with Crippen LogP contribution >= 0.6 is 0 Å². The van der Waals surface area contributed by atoms with E-state index in [2.05, 4.69) is 234 Å². The summed E-state index contributed by atoms with van der Waals surface area (Å²) in [4.78, 5) is 2.47. The van der Waals surface area contributed by atoms with Crippen LogP contribution in [-0.4, -0.2) is 8.07 Å². The summed E-state index contributed by atoms with van der Waals surface area (Å²) in [6.45, 7) is 16.8. The second kappa shape index (κ2) is 13.7. The highest BCUT2D eigenvalue weighted by molar-refractivity contribution is 6.88. The standard InChI is InChI=1S/C57H51NSi/c1-56(2)52-34-42(38-14-10-8-11-15-38)22-30-48(52)50-32-26-45(36-54(50)56)58(44-24-18-40(19-25-44)41-20-28-47(29-21-41)59(5,6)7)46-27-33-51-49-31-23-43(39-16-12-9-13-17-39)35-53(49)57(3,4)55(51)37-46/h8-37H,1-7H3. The molecule has 0 saturated carbocycles. The highest BCUT2D eigenvalue weighted by Gasteiger charge is 2.38. The molecule has 0 atom stereocenters. The number of anilines is 3. The first-order valence-electron chi connectivity index (χ1n) is 21.1. The van der Waals surface area contributed by atoms with E-state index in [9.17, 15) is 0 Å². The maximum Gasteiger partial charge on any atom is 0.0775 e. The Morgan fingerprint density at radius 1 is 0.322 bits per heavy atom. The van der Waals surface area contributed by atoms with E-state index in [0.29, 0.717) is 0 Å². The summed E-state index contributed by atoms with van der Waals surface area (Å²) in [5, 5.41) is 1.49. The summed E-state index contributed by atoms with van der Waals surface area (Å²) in [6.07, 6.45) is 0. The smallest absolute Gasteiger partial charge is 0.0775 e. The van der Waals surface area contributed by atoms with Crippen LogP contribution in [0, 0.1) is 0 Å². The average Bonchev–Trinajstić information content (AvgIpc) is 3.62. The predicted octanol–water partition coefficient (Wildman–Crippen LogP) is 15.3. The van der Waals surface area contributed by atoms with Crippen LogP contribution in [-0.2, 0) is 10.8 Å². The molecule has 2 aliphatic carbocycles. The number of hydrogen-bond acceptors (Lipinski definition) is 1. The molecule has 0 unspecified atom stereocenters. The van der Waals surface area contributed by atoms with Crippen LogP contribution in [0.1, 0.15) is 49.9 Å². The minimum atomic E-state index is -1.38. The zero-order valence-corrected chi connectivity index (χ0v) is 36.3. The fourth-order valence-corrected chi connectivity index (χ4v) is 10.9. The van der Waals surface area contributed by atoms with Crippen LogP contribution in [0.4, 0.5) is 17.1 Å². The van der Waals surface area contributed by atoms with Crippen molar-refractivity contribution in [3.05, 3.63) is 204 Å². The fraction of sp³-hybridized carbons (Fsp3) is 0.158. The molecule has 0 amide bonds. The van der Waals surface area contributed by atoms with Gasteiger partial charge < -0.3 is 4.90 Å². The summed E-state index contributed by atoms with van der Waals surface area (Å²) in [7, 11) is -1.38. The minimum absolute atomic E-state index is 0.166. The molecule has 8 aromatic carbocycles. The molecule has 288 valence electrons. The molecule has 2 aliphatic rings. The normalized spacial score (nSPS) is 14.3. The van der Waals surface area contributed by atoms with Crippen LogP contribution in [0.3, 0.4) is 0 Å². The van der Waals surface area contributed by atoms with Gasteiger partial charge in [-0.1, -0.05) is 186 Å². The molecular weight excluding hydrogens is 727 g/mol. The third-order valence-electron chi connectivity index (χ3n) is 13.3. The van der Waals surface area contributed by atoms with E-state index in [-0.39, 0.29) is 10.8 Å². The first-order valence-corrected chi connectivity index (χ1v) is 24.6. The number of nitrogens with zero attached hydrogens (tertiary/aromatic N) is 1. The lowest BCUT2D eigenvalue weighted by molar-refractivity contribution is 0.660. The molecule has 0 radical (unpaired) electrons. The molecule has 8 aromatic rings. The van der Waals surface area contributed by atoms with Gasteiger partial charge in [0, 0.05) is 27.9 Å². The van der Waals surface area contributed by atoms with Crippen LogP contribution in [0.5, 0.6) is 0 Å². The zero-order chi connectivity index (χ0) is 40.7. The topological polar surface area (TPSA) is 3.24 Å². The van der Waals surface area contributed by atoms with Crippen molar-refractivity contribution in [2.75, 3.05) is 4.90 Å². The Morgan fingerprint density at radius 3 is 1.05 bits per heavy atom. The third kappa shape index (κ3) is 6.21. The van der Waals surface area contributed by atoms with Gasteiger partial charge in [-0.2, -0.15) is 0 Å². The molecule has 0 fully saturated rings. The Kier molecular flexibility index (Phi) is 8.60. The van der Waals surface area contributed by atoms with E-state index in [1.807, 2.05) is 0 Å². The molecule has 0 saturated heterocycles. The van der Waals surface area contributed by atoms with E-state index in [0.717, 1.165) is 5.69 Å². The second-order valence-electron chi connectivity index (χ2n) is 18.7. The molecule has 2 heteroatoms. The van der Waals surface area contributed by atoms with Crippen LogP contribution < -0.4 is 10.1 Å². The molecule has 0 aliphatic heterocycles. The van der Waals surface area contributed by atoms with Crippen molar-refractivity contribution in [2.45, 2.75) is 58.2 Å². The molecule has 10 rings (SSSR count). The Hall–Kier alpha value is -6.22. The fourth-order valence-electron chi connectivity index (χ4n) is 9.76. The lowest BCUT2D eigenvalue weighted by atomic mass is 9.81.